The first kappa shape index (κ1) is 10.6. The first-order valence-corrected chi connectivity index (χ1v) is 4.73. The molecule has 0 aliphatic rings. The first-order chi connectivity index (χ1) is 6.60. The Morgan fingerprint density at radius 2 is 2.21 bits per heavy atom. The van der Waals surface area contributed by atoms with Crippen molar-refractivity contribution in [2.24, 2.45) is 0 Å². The zero-order chi connectivity index (χ0) is 10.7. The van der Waals surface area contributed by atoms with E-state index in [0.29, 0.717) is 11.8 Å². The normalized spacial score (nSPS) is 9.79. The summed E-state index contributed by atoms with van der Waals surface area (Å²) in [5.74, 6) is -0.220. The molecule has 0 saturated heterocycles. The Morgan fingerprint density at radius 3 is 2.64 bits per heavy atom. The number of halogens is 1. The molecule has 0 amide bonds. The van der Waals surface area contributed by atoms with Gasteiger partial charge in [-0.1, -0.05) is 15.9 Å². The topological polar surface area (TPSA) is 80.4 Å². The third-order valence-corrected chi connectivity index (χ3v) is 2.29. The van der Waals surface area contributed by atoms with Crippen molar-refractivity contribution in [1.82, 2.24) is 0 Å². The number of aromatic hydroxyl groups is 1. The van der Waals surface area contributed by atoms with Gasteiger partial charge < -0.3 is 5.11 Å². The molecule has 0 spiro atoms. The molecule has 1 aromatic carbocycles. The highest BCUT2D eigenvalue weighted by Crippen LogP contribution is 2.28. The Hall–Kier alpha value is -1.43. The van der Waals surface area contributed by atoms with Crippen LogP contribution in [-0.2, 0) is 5.33 Å². The molecule has 0 atom stereocenters. The molecule has 14 heavy (non-hydrogen) atoms. The zero-order valence-corrected chi connectivity index (χ0v) is 8.52. The van der Waals surface area contributed by atoms with Crippen molar-refractivity contribution in [3.63, 3.8) is 0 Å². The first-order valence-electron chi connectivity index (χ1n) is 3.61. The van der Waals surface area contributed by atoms with Gasteiger partial charge in [-0.3, -0.25) is 14.9 Å². The number of carbonyl (C=O) groups is 1. The van der Waals surface area contributed by atoms with Crippen molar-refractivity contribution in [3.8, 4) is 5.75 Å². The predicted octanol–water partition coefficient (Wildman–Crippen LogP) is 2.01. The molecule has 0 aliphatic carbocycles. The number of aldehydes is 1. The van der Waals surface area contributed by atoms with E-state index >= 15 is 0 Å². The van der Waals surface area contributed by atoms with Crippen LogP contribution in [0.4, 0.5) is 5.69 Å². The number of alkyl halides is 1. The van der Waals surface area contributed by atoms with Gasteiger partial charge in [-0.25, -0.2) is 0 Å². The molecule has 0 bridgehead atoms. The second kappa shape index (κ2) is 4.19. The van der Waals surface area contributed by atoms with Gasteiger partial charge in [0.2, 0.25) is 0 Å². The molecule has 5 nitrogen and oxygen atoms in total. The molecule has 0 aromatic heterocycles. The lowest BCUT2D eigenvalue weighted by molar-refractivity contribution is -0.384. The van der Waals surface area contributed by atoms with Crippen LogP contribution in [0.3, 0.4) is 0 Å². The minimum atomic E-state index is -0.613. The molecule has 0 unspecified atom stereocenters. The minimum Gasteiger partial charge on any atom is -0.507 e. The summed E-state index contributed by atoms with van der Waals surface area (Å²) >= 11 is 3.06. The van der Waals surface area contributed by atoms with E-state index in [1.54, 1.807) is 0 Å². The van der Waals surface area contributed by atoms with Gasteiger partial charge in [-0.05, 0) is 0 Å². The number of hydrogen-bond donors (Lipinski definition) is 1. The number of nitro groups is 1. The maximum Gasteiger partial charge on any atom is 0.270 e. The second-order valence-corrected chi connectivity index (χ2v) is 3.11. The Bertz CT molecular complexity index is 391. The van der Waals surface area contributed by atoms with Gasteiger partial charge in [0.05, 0.1) is 10.5 Å². The van der Waals surface area contributed by atoms with E-state index < -0.39 is 4.92 Å². The highest BCUT2D eigenvalue weighted by atomic mass is 79.9. The van der Waals surface area contributed by atoms with Crippen LogP contribution >= 0.6 is 15.9 Å². The average molecular weight is 260 g/mol. The number of benzene rings is 1. The minimum absolute atomic E-state index is 0.0753. The summed E-state index contributed by atoms with van der Waals surface area (Å²) in [5.41, 5.74) is 0.0364. The Kier molecular flexibility index (Phi) is 3.19. The van der Waals surface area contributed by atoms with Gasteiger partial charge in [-0.2, -0.15) is 0 Å². The summed E-state index contributed by atoms with van der Waals surface area (Å²) in [6.45, 7) is 0. The number of non-ortho nitro benzene ring substituents is 1. The summed E-state index contributed by atoms with van der Waals surface area (Å²) in [4.78, 5) is 20.3. The Labute approximate surface area is 87.6 Å². The van der Waals surface area contributed by atoms with Crippen LogP contribution in [0, 0.1) is 10.1 Å². The van der Waals surface area contributed by atoms with Crippen LogP contribution in [-0.4, -0.2) is 16.3 Å². The Balaban J connectivity index is 3.39. The van der Waals surface area contributed by atoms with E-state index in [1.165, 1.54) is 6.07 Å². The quantitative estimate of drug-likeness (QED) is 0.390. The van der Waals surface area contributed by atoms with Gasteiger partial charge in [0.1, 0.15) is 5.75 Å². The van der Waals surface area contributed by atoms with Crippen molar-refractivity contribution >= 4 is 27.9 Å². The van der Waals surface area contributed by atoms with Crippen LogP contribution in [0.1, 0.15) is 15.9 Å². The molecule has 0 fully saturated rings. The van der Waals surface area contributed by atoms with E-state index in [1.807, 2.05) is 0 Å². The van der Waals surface area contributed by atoms with Crippen molar-refractivity contribution in [1.29, 1.82) is 0 Å². The molecule has 74 valence electrons. The van der Waals surface area contributed by atoms with E-state index in [4.69, 9.17) is 0 Å². The molecular formula is C8H6BrNO4. The van der Waals surface area contributed by atoms with Crippen molar-refractivity contribution in [3.05, 3.63) is 33.4 Å². The third kappa shape index (κ3) is 1.90. The summed E-state index contributed by atoms with van der Waals surface area (Å²) in [7, 11) is 0. The number of nitro benzene ring substituents is 1. The fourth-order valence-electron chi connectivity index (χ4n) is 0.999. The molecule has 1 N–H and O–H groups in total. The number of nitrogens with zero attached hydrogens (tertiary/aromatic N) is 1. The number of phenols is 1. The summed E-state index contributed by atoms with van der Waals surface area (Å²) in [6.07, 6.45) is 0.383. The molecule has 6 heteroatoms. The predicted molar refractivity (Wildman–Crippen MR) is 52.8 cm³/mol. The number of phenolic OH excluding ortho intramolecular Hbond substituents is 1. The van der Waals surface area contributed by atoms with Crippen molar-refractivity contribution in [2.45, 2.75) is 5.33 Å². The molecule has 1 rings (SSSR count). The van der Waals surface area contributed by atoms with Gasteiger partial charge in [0.25, 0.3) is 5.69 Å². The highest BCUT2D eigenvalue weighted by molar-refractivity contribution is 9.08. The van der Waals surface area contributed by atoms with Crippen LogP contribution in [0.5, 0.6) is 5.75 Å². The van der Waals surface area contributed by atoms with Crippen molar-refractivity contribution < 1.29 is 14.8 Å². The molecular weight excluding hydrogens is 254 g/mol. The summed E-state index contributed by atoms with van der Waals surface area (Å²) in [6, 6.07) is 2.26. The van der Waals surface area contributed by atoms with Gasteiger partial charge in [0.15, 0.2) is 6.29 Å². The standard InChI is InChI=1S/C8H6BrNO4/c9-3-5-1-7(10(13)14)2-6(4-11)8(5)12/h1-2,4,12H,3H2. The summed E-state index contributed by atoms with van der Waals surface area (Å²) in [5, 5.41) is 20.1. The van der Waals surface area contributed by atoms with E-state index in [-0.39, 0.29) is 22.3 Å². The van der Waals surface area contributed by atoms with Crippen molar-refractivity contribution in [2.75, 3.05) is 0 Å². The Morgan fingerprint density at radius 1 is 1.57 bits per heavy atom. The molecule has 0 saturated carbocycles. The lowest BCUT2D eigenvalue weighted by Crippen LogP contribution is -1.93. The highest BCUT2D eigenvalue weighted by Gasteiger charge is 2.14. The monoisotopic (exact) mass is 259 g/mol. The summed E-state index contributed by atoms with van der Waals surface area (Å²) < 4.78 is 0. The molecule has 1 aromatic rings. The van der Waals surface area contributed by atoms with Crippen LogP contribution in [0.25, 0.3) is 0 Å². The second-order valence-electron chi connectivity index (χ2n) is 2.55. The zero-order valence-electron chi connectivity index (χ0n) is 6.94. The van der Waals surface area contributed by atoms with Gasteiger partial charge in [-0.15, -0.1) is 0 Å². The lowest BCUT2D eigenvalue weighted by Gasteiger charge is -2.02. The van der Waals surface area contributed by atoms with Crippen LogP contribution < -0.4 is 0 Å². The fourth-order valence-corrected chi connectivity index (χ4v) is 1.43. The number of hydrogen-bond acceptors (Lipinski definition) is 4. The van der Waals surface area contributed by atoms with E-state index in [2.05, 4.69) is 15.9 Å². The van der Waals surface area contributed by atoms with E-state index in [0.717, 1.165) is 6.07 Å². The number of rotatable bonds is 3. The smallest absolute Gasteiger partial charge is 0.270 e. The lowest BCUT2D eigenvalue weighted by atomic mass is 10.1. The van der Waals surface area contributed by atoms with Gasteiger partial charge in [0, 0.05) is 23.0 Å². The van der Waals surface area contributed by atoms with E-state index in [9.17, 15) is 20.0 Å². The molecule has 0 radical (unpaired) electrons. The maximum absolute atomic E-state index is 10.5. The van der Waals surface area contributed by atoms with Gasteiger partial charge >= 0.3 is 0 Å². The van der Waals surface area contributed by atoms with Crippen LogP contribution in [0.15, 0.2) is 12.1 Å². The van der Waals surface area contributed by atoms with Crippen LogP contribution in [0.2, 0.25) is 0 Å². The number of carbonyl (C=O) groups excluding carboxylic acids is 1. The largest absolute Gasteiger partial charge is 0.507 e. The molecule has 0 aliphatic heterocycles. The third-order valence-electron chi connectivity index (χ3n) is 1.68. The maximum atomic E-state index is 10.5. The SMILES string of the molecule is O=Cc1cc([N+](=O)[O-])cc(CBr)c1O. The average Bonchev–Trinajstić information content (AvgIpc) is 2.17. The molecule has 0 heterocycles. The fraction of sp³-hybridized carbons (Fsp3) is 0.125.